The van der Waals surface area contributed by atoms with Crippen molar-refractivity contribution in [2.45, 2.75) is 13.0 Å². The molecule has 2 aromatic carbocycles. The van der Waals surface area contributed by atoms with Gasteiger partial charge in [-0.25, -0.2) is 0 Å². The molecule has 0 aliphatic heterocycles. The number of hydrogen-bond donors (Lipinski definition) is 0. The van der Waals surface area contributed by atoms with Crippen molar-refractivity contribution in [1.29, 1.82) is 0 Å². The number of aromatic nitrogens is 3. The van der Waals surface area contributed by atoms with E-state index in [-0.39, 0.29) is 6.04 Å². The molecule has 1 atom stereocenters. The molecule has 1 aromatic heterocycles. The summed E-state index contributed by atoms with van der Waals surface area (Å²) in [4.78, 5) is 0. The summed E-state index contributed by atoms with van der Waals surface area (Å²) < 4.78 is 1.89. The van der Waals surface area contributed by atoms with Crippen LogP contribution in [0.1, 0.15) is 18.5 Å². The molecular weight excluding hydrogens is 305 g/mol. The van der Waals surface area contributed by atoms with Gasteiger partial charge in [-0.3, -0.25) is 4.57 Å². The fourth-order valence-corrected chi connectivity index (χ4v) is 2.91. The second-order valence-electron chi connectivity index (χ2n) is 4.73. The van der Waals surface area contributed by atoms with Gasteiger partial charge in [0.2, 0.25) is 5.28 Å². The van der Waals surface area contributed by atoms with E-state index < -0.39 is 0 Å². The maximum Gasteiger partial charge on any atom is 0.225 e. The van der Waals surface area contributed by atoms with Crippen LogP contribution in [0, 0.1) is 0 Å². The Morgan fingerprint density at radius 3 is 2.29 bits per heavy atom. The molecule has 1 unspecified atom stereocenters. The van der Waals surface area contributed by atoms with Crippen molar-refractivity contribution in [1.82, 2.24) is 14.8 Å². The SMILES string of the molecule is CC(c1ccccc1Cl)n1c(Cl)nnc1-c1ccccc1. The molecule has 3 aromatic rings. The Morgan fingerprint density at radius 1 is 0.905 bits per heavy atom. The Balaban J connectivity index is 2.11. The molecule has 1 heterocycles. The maximum absolute atomic E-state index is 6.29. The van der Waals surface area contributed by atoms with Crippen molar-refractivity contribution in [2.24, 2.45) is 0 Å². The Bertz CT molecular complexity index is 753. The summed E-state index contributed by atoms with van der Waals surface area (Å²) in [6.07, 6.45) is 0. The smallest absolute Gasteiger partial charge is 0.225 e. The average molecular weight is 318 g/mol. The van der Waals surface area contributed by atoms with Gasteiger partial charge in [-0.1, -0.05) is 60.1 Å². The van der Waals surface area contributed by atoms with Crippen LogP contribution in [0.5, 0.6) is 0 Å². The van der Waals surface area contributed by atoms with Gasteiger partial charge in [0.15, 0.2) is 5.82 Å². The van der Waals surface area contributed by atoms with Crippen LogP contribution < -0.4 is 0 Å². The molecule has 0 N–H and O–H groups in total. The minimum absolute atomic E-state index is 0.0589. The molecule has 0 radical (unpaired) electrons. The maximum atomic E-state index is 6.29. The normalized spacial score (nSPS) is 12.3. The van der Waals surface area contributed by atoms with Gasteiger partial charge in [0, 0.05) is 10.6 Å². The second-order valence-corrected chi connectivity index (χ2v) is 5.47. The van der Waals surface area contributed by atoms with Crippen LogP contribution in [0.15, 0.2) is 54.6 Å². The summed E-state index contributed by atoms with van der Waals surface area (Å²) in [6, 6.07) is 17.5. The van der Waals surface area contributed by atoms with E-state index in [1.165, 1.54) is 0 Å². The van der Waals surface area contributed by atoms with Crippen LogP contribution in [0.4, 0.5) is 0 Å². The van der Waals surface area contributed by atoms with E-state index in [1.54, 1.807) is 0 Å². The lowest BCUT2D eigenvalue weighted by Gasteiger charge is -2.18. The summed E-state index contributed by atoms with van der Waals surface area (Å²) >= 11 is 12.5. The lowest BCUT2D eigenvalue weighted by atomic mass is 10.1. The summed E-state index contributed by atoms with van der Waals surface area (Å²) in [7, 11) is 0. The Hall–Kier alpha value is -1.84. The highest BCUT2D eigenvalue weighted by molar-refractivity contribution is 6.31. The number of halogens is 2. The highest BCUT2D eigenvalue weighted by Crippen LogP contribution is 2.31. The number of benzene rings is 2. The highest BCUT2D eigenvalue weighted by Gasteiger charge is 2.20. The molecule has 3 nitrogen and oxygen atoms in total. The van der Waals surface area contributed by atoms with Gasteiger partial charge in [-0.2, -0.15) is 0 Å². The van der Waals surface area contributed by atoms with Gasteiger partial charge in [0.1, 0.15) is 0 Å². The number of hydrogen-bond acceptors (Lipinski definition) is 2. The van der Waals surface area contributed by atoms with Gasteiger partial charge in [0.05, 0.1) is 6.04 Å². The lowest BCUT2D eigenvalue weighted by molar-refractivity contribution is 0.644. The van der Waals surface area contributed by atoms with Crippen molar-refractivity contribution in [3.63, 3.8) is 0 Å². The third-order valence-electron chi connectivity index (χ3n) is 3.43. The molecule has 21 heavy (non-hydrogen) atoms. The third kappa shape index (κ3) is 2.67. The largest absolute Gasteiger partial charge is 0.290 e. The van der Waals surface area contributed by atoms with Crippen LogP contribution >= 0.6 is 23.2 Å². The molecule has 0 spiro atoms. The molecular formula is C16H13Cl2N3. The topological polar surface area (TPSA) is 30.7 Å². The van der Waals surface area contributed by atoms with Gasteiger partial charge in [-0.15, -0.1) is 10.2 Å². The van der Waals surface area contributed by atoms with E-state index in [0.29, 0.717) is 10.3 Å². The van der Waals surface area contributed by atoms with Crippen LogP contribution in [0.2, 0.25) is 10.3 Å². The van der Waals surface area contributed by atoms with Crippen molar-refractivity contribution in [3.8, 4) is 11.4 Å². The monoisotopic (exact) mass is 317 g/mol. The van der Waals surface area contributed by atoms with Gasteiger partial charge in [0.25, 0.3) is 0 Å². The molecule has 0 amide bonds. The number of nitrogens with zero attached hydrogens (tertiary/aromatic N) is 3. The Labute approximate surface area is 133 Å². The quantitative estimate of drug-likeness (QED) is 0.690. The van der Waals surface area contributed by atoms with Crippen LogP contribution in [-0.4, -0.2) is 14.8 Å². The molecule has 5 heteroatoms. The Kier molecular flexibility index (Phi) is 3.95. The minimum atomic E-state index is -0.0589. The fourth-order valence-electron chi connectivity index (χ4n) is 2.35. The van der Waals surface area contributed by atoms with Crippen molar-refractivity contribution < 1.29 is 0 Å². The third-order valence-corrected chi connectivity index (χ3v) is 4.03. The average Bonchev–Trinajstić information content (AvgIpc) is 2.90. The number of rotatable bonds is 3. The van der Waals surface area contributed by atoms with Gasteiger partial charge >= 0.3 is 0 Å². The molecule has 0 fully saturated rings. The zero-order valence-electron chi connectivity index (χ0n) is 11.4. The van der Waals surface area contributed by atoms with Gasteiger partial charge in [-0.05, 0) is 30.2 Å². The summed E-state index contributed by atoms with van der Waals surface area (Å²) in [5.74, 6) is 0.730. The zero-order valence-corrected chi connectivity index (χ0v) is 12.9. The van der Waals surface area contributed by atoms with E-state index in [9.17, 15) is 0 Å². The summed E-state index contributed by atoms with van der Waals surface area (Å²) in [5, 5.41) is 9.26. The first-order valence-electron chi connectivity index (χ1n) is 6.58. The molecule has 0 saturated heterocycles. The lowest BCUT2D eigenvalue weighted by Crippen LogP contribution is -2.09. The molecule has 0 bridgehead atoms. The van der Waals surface area contributed by atoms with Crippen LogP contribution in [-0.2, 0) is 0 Å². The van der Waals surface area contributed by atoms with E-state index in [0.717, 1.165) is 17.0 Å². The van der Waals surface area contributed by atoms with Crippen molar-refractivity contribution >= 4 is 23.2 Å². The van der Waals surface area contributed by atoms with E-state index >= 15 is 0 Å². The summed E-state index contributed by atoms with van der Waals surface area (Å²) in [6.45, 7) is 2.03. The first kappa shape index (κ1) is 14.1. The van der Waals surface area contributed by atoms with Gasteiger partial charge < -0.3 is 0 Å². The molecule has 3 rings (SSSR count). The highest BCUT2D eigenvalue weighted by atomic mass is 35.5. The fraction of sp³-hybridized carbons (Fsp3) is 0.125. The zero-order chi connectivity index (χ0) is 14.8. The first-order valence-corrected chi connectivity index (χ1v) is 7.34. The standard InChI is InChI=1S/C16H13Cl2N3/c1-11(13-9-5-6-10-14(13)17)21-15(19-20-16(21)18)12-7-3-2-4-8-12/h2-11H,1H3. The van der Waals surface area contributed by atoms with E-state index in [4.69, 9.17) is 23.2 Å². The predicted molar refractivity (Wildman–Crippen MR) is 85.7 cm³/mol. The predicted octanol–water partition coefficient (Wildman–Crippen LogP) is 4.86. The Morgan fingerprint density at radius 2 is 1.57 bits per heavy atom. The first-order chi connectivity index (χ1) is 10.2. The van der Waals surface area contributed by atoms with Crippen LogP contribution in [0.3, 0.4) is 0 Å². The minimum Gasteiger partial charge on any atom is -0.290 e. The van der Waals surface area contributed by atoms with Crippen molar-refractivity contribution in [2.75, 3.05) is 0 Å². The molecule has 0 aliphatic carbocycles. The van der Waals surface area contributed by atoms with E-state index in [1.807, 2.05) is 66.1 Å². The van der Waals surface area contributed by atoms with E-state index in [2.05, 4.69) is 10.2 Å². The molecule has 0 saturated carbocycles. The van der Waals surface area contributed by atoms with Crippen LogP contribution in [0.25, 0.3) is 11.4 Å². The molecule has 0 aliphatic rings. The van der Waals surface area contributed by atoms with Crippen molar-refractivity contribution in [3.05, 3.63) is 70.5 Å². The second kappa shape index (κ2) is 5.88. The molecule has 106 valence electrons. The summed E-state index contributed by atoms with van der Waals surface area (Å²) in [5.41, 5.74) is 1.95.